The summed E-state index contributed by atoms with van der Waals surface area (Å²) in [6, 6.07) is 3.63. The van der Waals surface area contributed by atoms with Crippen LogP contribution in [0.25, 0.3) is 0 Å². The highest BCUT2D eigenvalue weighted by atomic mass is 79.9. The second kappa shape index (κ2) is 4.91. The molecule has 0 bridgehead atoms. The van der Waals surface area contributed by atoms with Crippen LogP contribution < -0.4 is 0 Å². The molecule has 1 aromatic rings. The Labute approximate surface area is 111 Å². The third-order valence-electron chi connectivity index (χ3n) is 2.91. The molecule has 1 fully saturated rings. The predicted molar refractivity (Wildman–Crippen MR) is 64.3 cm³/mol. The third-order valence-corrected chi connectivity index (χ3v) is 3.40. The molecule has 0 aliphatic carbocycles. The summed E-state index contributed by atoms with van der Waals surface area (Å²) in [6.45, 7) is 1.07. The molecule has 0 unspecified atom stereocenters. The van der Waals surface area contributed by atoms with E-state index in [2.05, 4.69) is 15.9 Å². The number of hydrogen-bond donors (Lipinski definition) is 0. The molecule has 0 saturated carbocycles. The van der Waals surface area contributed by atoms with Crippen molar-refractivity contribution < 1.29 is 18.0 Å². The summed E-state index contributed by atoms with van der Waals surface area (Å²) in [7, 11) is 0. The molecule has 2 rings (SSSR count). The SMILES string of the molecule is O=C(c1ccc(Br)cc1C(F)(F)F)N1CCCC1. The summed E-state index contributed by atoms with van der Waals surface area (Å²) < 4.78 is 39.0. The van der Waals surface area contributed by atoms with Crippen molar-refractivity contribution >= 4 is 21.8 Å². The number of hydrogen-bond acceptors (Lipinski definition) is 1. The van der Waals surface area contributed by atoms with E-state index in [4.69, 9.17) is 0 Å². The van der Waals surface area contributed by atoms with E-state index in [-0.39, 0.29) is 5.56 Å². The lowest BCUT2D eigenvalue weighted by Crippen LogP contribution is -2.29. The molecule has 6 heteroatoms. The van der Waals surface area contributed by atoms with Crippen LogP contribution in [0.2, 0.25) is 0 Å². The van der Waals surface area contributed by atoms with Gasteiger partial charge in [-0.05, 0) is 31.0 Å². The molecule has 1 saturated heterocycles. The van der Waals surface area contributed by atoms with Gasteiger partial charge in [0.2, 0.25) is 0 Å². The van der Waals surface area contributed by atoms with Crippen LogP contribution in [0.1, 0.15) is 28.8 Å². The van der Waals surface area contributed by atoms with E-state index >= 15 is 0 Å². The Bertz CT molecular complexity index is 467. The van der Waals surface area contributed by atoms with Crippen LogP contribution in [0.3, 0.4) is 0 Å². The average molecular weight is 322 g/mol. The molecule has 0 atom stereocenters. The summed E-state index contributed by atoms with van der Waals surface area (Å²) >= 11 is 3.00. The Kier molecular flexibility index (Phi) is 3.66. The summed E-state index contributed by atoms with van der Waals surface area (Å²) in [6.07, 6.45) is -2.82. The van der Waals surface area contributed by atoms with Crippen LogP contribution in [-0.4, -0.2) is 23.9 Å². The zero-order valence-electron chi connectivity index (χ0n) is 9.43. The number of likely N-dealkylation sites (tertiary alicyclic amines) is 1. The molecule has 1 aromatic carbocycles. The lowest BCUT2D eigenvalue weighted by atomic mass is 10.1. The standard InChI is InChI=1S/C12H11BrF3NO/c13-8-3-4-9(10(7-8)12(14,15)16)11(18)17-5-1-2-6-17/h3-4,7H,1-2,5-6H2. The highest BCUT2D eigenvalue weighted by Crippen LogP contribution is 2.34. The number of rotatable bonds is 1. The van der Waals surface area contributed by atoms with Crippen molar-refractivity contribution in [2.24, 2.45) is 0 Å². The number of nitrogens with zero attached hydrogens (tertiary/aromatic N) is 1. The van der Waals surface area contributed by atoms with E-state index in [0.29, 0.717) is 17.6 Å². The second-order valence-corrected chi connectivity index (χ2v) is 5.10. The van der Waals surface area contributed by atoms with Gasteiger partial charge in [0.1, 0.15) is 0 Å². The molecule has 0 N–H and O–H groups in total. The predicted octanol–water partition coefficient (Wildman–Crippen LogP) is 3.70. The van der Waals surface area contributed by atoms with E-state index in [9.17, 15) is 18.0 Å². The van der Waals surface area contributed by atoms with Gasteiger partial charge in [-0.2, -0.15) is 13.2 Å². The normalized spacial score (nSPS) is 16.1. The largest absolute Gasteiger partial charge is 0.417 e. The van der Waals surface area contributed by atoms with Crippen molar-refractivity contribution in [3.8, 4) is 0 Å². The molecule has 18 heavy (non-hydrogen) atoms. The Morgan fingerprint density at radius 2 is 1.83 bits per heavy atom. The highest BCUT2D eigenvalue weighted by Gasteiger charge is 2.36. The van der Waals surface area contributed by atoms with Gasteiger partial charge in [0.15, 0.2) is 0 Å². The first kappa shape index (κ1) is 13.4. The maximum atomic E-state index is 12.9. The molecule has 0 radical (unpaired) electrons. The number of carbonyl (C=O) groups excluding carboxylic acids is 1. The zero-order chi connectivity index (χ0) is 13.3. The topological polar surface area (TPSA) is 20.3 Å². The fourth-order valence-corrected chi connectivity index (χ4v) is 2.39. The van der Waals surface area contributed by atoms with E-state index < -0.39 is 17.6 Å². The Hall–Kier alpha value is -1.04. The minimum Gasteiger partial charge on any atom is -0.339 e. The van der Waals surface area contributed by atoms with Gasteiger partial charge in [0.05, 0.1) is 11.1 Å². The lowest BCUT2D eigenvalue weighted by molar-refractivity contribution is -0.138. The first-order valence-corrected chi connectivity index (χ1v) is 6.35. The quantitative estimate of drug-likeness (QED) is 0.772. The van der Waals surface area contributed by atoms with Crippen molar-refractivity contribution in [2.45, 2.75) is 19.0 Å². The molecule has 1 amide bonds. The van der Waals surface area contributed by atoms with Gasteiger partial charge in [-0.25, -0.2) is 0 Å². The van der Waals surface area contributed by atoms with Crippen LogP contribution >= 0.6 is 15.9 Å². The smallest absolute Gasteiger partial charge is 0.339 e. The van der Waals surface area contributed by atoms with Gasteiger partial charge in [0.25, 0.3) is 5.91 Å². The fraction of sp³-hybridized carbons (Fsp3) is 0.417. The Morgan fingerprint density at radius 1 is 1.22 bits per heavy atom. The van der Waals surface area contributed by atoms with Crippen LogP contribution in [0.5, 0.6) is 0 Å². The van der Waals surface area contributed by atoms with Gasteiger partial charge in [-0.1, -0.05) is 15.9 Å². The van der Waals surface area contributed by atoms with Crippen molar-refractivity contribution in [1.29, 1.82) is 0 Å². The zero-order valence-corrected chi connectivity index (χ0v) is 11.0. The first-order valence-electron chi connectivity index (χ1n) is 5.55. The van der Waals surface area contributed by atoms with E-state index in [1.54, 1.807) is 0 Å². The monoisotopic (exact) mass is 321 g/mol. The maximum Gasteiger partial charge on any atom is 0.417 e. The van der Waals surface area contributed by atoms with Crippen molar-refractivity contribution in [3.63, 3.8) is 0 Å². The maximum absolute atomic E-state index is 12.9. The van der Waals surface area contributed by atoms with E-state index in [0.717, 1.165) is 18.9 Å². The number of amides is 1. The minimum absolute atomic E-state index is 0.271. The molecule has 1 aliphatic heterocycles. The van der Waals surface area contributed by atoms with Crippen LogP contribution in [-0.2, 0) is 6.18 Å². The van der Waals surface area contributed by atoms with Crippen LogP contribution in [0.4, 0.5) is 13.2 Å². The molecule has 0 aromatic heterocycles. The third kappa shape index (κ3) is 2.68. The molecule has 1 aliphatic rings. The van der Waals surface area contributed by atoms with Crippen molar-refractivity contribution in [3.05, 3.63) is 33.8 Å². The number of benzene rings is 1. The van der Waals surface area contributed by atoms with Crippen LogP contribution in [0, 0.1) is 0 Å². The average Bonchev–Trinajstić information content (AvgIpc) is 2.80. The Balaban J connectivity index is 2.40. The van der Waals surface area contributed by atoms with Gasteiger partial charge in [0, 0.05) is 17.6 Å². The van der Waals surface area contributed by atoms with Gasteiger partial charge >= 0.3 is 6.18 Å². The molecule has 0 spiro atoms. The van der Waals surface area contributed by atoms with Gasteiger partial charge in [-0.15, -0.1) is 0 Å². The van der Waals surface area contributed by atoms with Crippen molar-refractivity contribution in [1.82, 2.24) is 4.90 Å². The molecular formula is C12H11BrF3NO. The number of carbonyl (C=O) groups is 1. The van der Waals surface area contributed by atoms with E-state index in [1.807, 2.05) is 0 Å². The molecule has 2 nitrogen and oxygen atoms in total. The molecule has 1 heterocycles. The number of alkyl halides is 3. The molecule has 98 valence electrons. The van der Waals surface area contributed by atoms with Gasteiger partial charge in [-0.3, -0.25) is 4.79 Å². The van der Waals surface area contributed by atoms with Crippen molar-refractivity contribution in [2.75, 3.05) is 13.1 Å². The van der Waals surface area contributed by atoms with E-state index in [1.165, 1.54) is 17.0 Å². The summed E-state index contributed by atoms with van der Waals surface area (Å²) in [4.78, 5) is 13.5. The summed E-state index contributed by atoms with van der Waals surface area (Å²) in [5, 5.41) is 0. The first-order chi connectivity index (χ1) is 8.39. The lowest BCUT2D eigenvalue weighted by Gasteiger charge is -2.19. The summed E-state index contributed by atoms with van der Waals surface area (Å²) in [5.74, 6) is -0.535. The minimum atomic E-state index is -4.52. The number of halogens is 4. The fourth-order valence-electron chi connectivity index (χ4n) is 2.03. The molecular weight excluding hydrogens is 311 g/mol. The summed E-state index contributed by atoms with van der Waals surface area (Å²) in [5.41, 5.74) is -1.15. The second-order valence-electron chi connectivity index (χ2n) is 4.19. The van der Waals surface area contributed by atoms with Gasteiger partial charge < -0.3 is 4.90 Å². The Morgan fingerprint density at radius 3 is 2.39 bits per heavy atom. The highest BCUT2D eigenvalue weighted by molar-refractivity contribution is 9.10. The van der Waals surface area contributed by atoms with Crippen LogP contribution in [0.15, 0.2) is 22.7 Å².